The molecule has 130 valence electrons. The van der Waals surface area contributed by atoms with Crippen molar-refractivity contribution in [2.24, 2.45) is 0 Å². The Kier molecular flexibility index (Phi) is 3.67. The normalized spacial score (nSPS) is 21.1. The first-order valence-electron chi connectivity index (χ1n) is 8.05. The quantitative estimate of drug-likeness (QED) is 0.799. The summed E-state index contributed by atoms with van der Waals surface area (Å²) in [5.41, 5.74) is 3.15. The Bertz CT molecular complexity index is 836. The lowest BCUT2D eigenvalue weighted by Gasteiger charge is -2.20. The zero-order valence-corrected chi connectivity index (χ0v) is 13.1. The van der Waals surface area contributed by atoms with Crippen LogP contribution in [0.4, 0.5) is 24.7 Å². The number of alkyl halides is 3. The van der Waals surface area contributed by atoms with Crippen molar-refractivity contribution in [3.05, 3.63) is 47.2 Å². The molecule has 2 atom stereocenters. The van der Waals surface area contributed by atoms with Crippen molar-refractivity contribution in [3.63, 3.8) is 0 Å². The van der Waals surface area contributed by atoms with Crippen LogP contribution < -0.4 is 10.1 Å². The average molecular weight is 348 g/mol. The number of hydrogen-bond acceptors (Lipinski definition) is 4. The number of halogens is 3. The fraction of sp³-hybridized carbons (Fsp3) is 0.333. The van der Waals surface area contributed by atoms with Crippen molar-refractivity contribution in [1.29, 1.82) is 0 Å². The number of carbonyl (C=O) groups excluding carboxylic acids is 1. The van der Waals surface area contributed by atoms with Crippen LogP contribution in [0.15, 0.2) is 30.5 Å². The van der Waals surface area contributed by atoms with Crippen LogP contribution in [-0.4, -0.2) is 17.6 Å². The lowest BCUT2D eigenvalue weighted by molar-refractivity contribution is -0.274. The summed E-state index contributed by atoms with van der Waals surface area (Å²) in [5, 5.41) is 3.09. The topological polar surface area (TPSA) is 51.2 Å². The number of nitrogens with zero attached hydrogens (tertiary/aromatic N) is 1. The Morgan fingerprint density at radius 3 is 2.68 bits per heavy atom. The number of rotatable bonds is 4. The molecular formula is C18H15F3N2O2. The number of aldehydes is 1. The molecule has 1 N–H and O–H groups in total. The molecule has 4 rings (SSSR count). The highest BCUT2D eigenvalue weighted by Crippen LogP contribution is 2.55. The summed E-state index contributed by atoms with van der Waals surface area (Å²) < 4.78 is 41.1. The van der Waals surface area contributed by atoms with Crippen molar-refractivity contribution < 1.29 is 22.7 Å². The third-order valence-electron chi connectivity index (χ3n) is 4.90. The molecule has 2 aromatic rings. The zero-order valence-electron chi connectivity index (χ0n) is 13.1. The minimum atomic E-state index is -4.73. The standard InChI is InChI=1S/C18H15F3N2O2/c19-18(20,21)25-14-3-1-2-13(7-14)23-17-16-11-5-4-10(6-11)15(16)12(9-24)8-22-17/h1-3,7-11H,4-6H2,(H,22,23). The van der Waals surface area contributed by atoms with Gasteiger partial charge < -0.3 is 10.1 Å². The molecule has 2 aliphatic rings. The number of fused-ring (bicyclic) bond motifs is 5. The third-order valence-corrected chi connectivity index (χ3v) is 4.90. The SMILES string of the molecule is O=Cc1cnc(Nc2cccc(OC(F)(F)F)c2)c2c1C1CCC2C1. The Morgan fingerprint density at radius 2 is 1.96 bits per heavy atom. The highest BCUT2D eigenvalue weighted by atomic mass is 19.4. The molecule has 2 unspecified atom stereocenters. The minimum absolute atomic E-state index is 0.292. The maximum atomic E-state index is 12.4. The molecule has 0 aliphatic heterocycles. The highest BCUT2D eigenvalue weighted by Gasteiger charge is 2.40. The number of nitrogens with one attached hydrogen (secondary N) is 1. The summed E-state index contributed by atoms with van der Waals surface area (Å²) in [5.74, 6) is 1.05. The van der Waals surface area contributed by atoms with E-state index in [0.717, 1.165) is 36.7 Å². The molecule has 2 bridgehead atoms. The lowest BCUT2D eigenvalue weighted by atomic mass is 9.89. The van der Waals surface area contributed by atoms with Gasteiger partial charge in [0.25, 0.3) is 0 Å². The molecule has 0 amide bonds. The Balaban J connectivity index is 1.67. The molecule has 1 fully saturated rings. The maximum Gasteiger partial charge on any atom is 0.573 e. The average Bonchev–Trinajstić information content (AvgIpc) is 3.16. The first kappa shape index (κ1) is 15.9. The van der Waals surface area contributed by atoms with E-state index in [2.05, 4.69) is 15.0 Å². The smallest absolute Gasteiger partial charge is 0.406 e. The number of pyridine rings is 1. The van der Waals surface area contributed by atoms with E-state index in [9.17, 15) is 18.0 Å². The van der Waals surface area contributed by atoms with E-state index in [-0.39, 0.29) is 5.75 Å². The fourth-order valence-corrected chi connectivity index (χ4v) is 4.03. The van der Waals surface area contributed by atoms with Gasteiger partial charge in [0.15, 0.2) is 6.29 Å². The van der Waals surface area contributed by atoms with Gasteiger partial charge in [-0.25, -0.2) is 4.98 Å². The van der Waals surface area contributed by atoms with Crippen LogP contribution in [0.2, 0.25) is 0 Å². The van der Waals surface area contributed by atoms with Gasteiger partial charge in [0, 0.05) is 29.1 Å². The lowest BCUT2D eigenvalue weighted by Crippen LogP contribution is -2.17. The number of benzene rings is 1. The summed E-state index contributed by atoms with van der Waals surface area (Å²) in [6, 6.07) is 5.66. The predicted octanol–water partition coefficient (Wildman–Crippen LogP) is 4.90. The van der Waals surface area contributed by atoms with E-state index in [0.29, 0.717) is 28.9 Å². The summed E-state index contributed by atoms with van der Waals surface area (Å²) in [6.07, 6.45) is 0.750. The van der Waals surface area contributed by atoms with E-state index < -0.39 is 6.36 Å². The van der Waals surface area contributed by atoms with Crippen LogP contribution in [0.1, 0.15) is 52.6 Å². The third kappa shape index (κ3) is 2.94. The van der Waals surface area contributed by atoms with Gasteiger partial charge in [-0.05, 0) is 48.8 Å². The van der Waals surface area contributed by atoms with Gasteiger partial charge in [0.05, 0.1) is 0 Å². The van der Waals surface area contributed by atoms with E-state index in [1.165, 1.54) is 24.4 Å². The Morgan fingerprint density at radius 1 is 1.20 bits per heavy atom. The number of ether oxygens (including phenoxy) is 1. The van der Waals surface area contributed by atoms with Crippen molar-refractivity contribution in [3.8, 4) is 5.75 Å². The van der Waals surface area contributed by atoms with Crippen molar-refractivity contribution in [2.75, 3.05) is 5.32 Å². The number of hydrogen-bond donors (Lipinski definition) is 1. The molecule has 0 spiro atoms. The second-order valence-corrected chi connectivity index (χ2v) is 6.41. The summed E-state index contributed by atoms with van der Waals surface area (Å²) in [7, 11) is 0. The molecule has 4 nitrogen and oxygen atoms in total. The monoisotopic (exact) mass is 348 g/mol. The van der Waals surface area contributed by atoms with Gasteiger partial charge in [-0.3, -0.25) is 4.79 Å². The van der Waals surface area contributed by atoms with Gasteiger partial charge in [-0.1, -0.05) is 6.07 Å². The minimum Gasteiger partial charge on any atom is -0.406 e. The number of aromatic nitrogens is 1. The molecule has 2 aliphatic carbocycles. The predicted molar refractivity (Wildman–Crippen MR) is 85.4 cm³/mol. The summed E-state index contributed by atoms with van der Waals surface area (Å²) in [4.78, 5) is 15.6. The second kappa shape index (κ2) is 5.75. The zero-order chi connectivity index (χ0) is 17.6. The van der Waals surface area contributed by atoms with Gasteiger partial charge >= 0.3 is 6.36 Å². The molecular weight excluding hydrogens is 333 g/mol. The fourth-order valence-electron chi connectivity index (χ4n) is 4.03. The van der Waals surface area contributed by atoms with Crippen LogP contribution in [0.5, 0.6) is 5.75 Å². The Hall–Kier alpha value is -2.57. The largest absolute Gasteiger partial charge is 0.573 e. The summed E-state index contributed by atoms with van der Waals surface area (Å²) in [6.45, 7) is 0. The van der Waals surface area contributed by atoms with Crippen LogP contribution in [0.3, 0.4) is 0 Å². The van der Waals surface area contributed by atoms with Gasteiger partial charge in [-0.2, -0.15) is 0 Å². The van der Waals surface area contributed by atoms with E-state index in [4.69, 9.17) is 0 Å². The summed E-state index contributed by atoms with van der Waals surface area (Å²) >= 11 is 0. The van der Waals surface area contributed by atoms with Crippen LogP contribution in [0, 0.1) is 0 Å². The highest BCUT2D eigenvalue weighted by molar-refractivity contribution is 5.81. The first-order valence-corrected chi connectivity index (χ1v) is 8.05. The first-order chi connectivity index (χ1) is 11.9. The van der Waals surface area contributed by atoms with Gasteiger partial charge in [0.1, 0.15) is 11.6 Å². The van der Waals surface area contributed by atoms with Crippen LogP contribution in [0.25, 0.3) is 0 Å². The van der Waals surface area contributed by atoms with Crippen molar-refractivity contribution in [1.82, 2.24) is 4.98 Å². The molecule has 1 heterocycles. The van der Waals surface area contributed by atoms with Crippen molar-refractivity contribution >= 4 is 17.8 Å². The van der Waals surface area contributed by atoms with Crippen LogP contribution >= 0.6 is 0 Å². The number of carbonyl (C=O) groups is 1. The molecule has 25 heavy (non-hydrogen) atoms. The van der Waals surface area contributed by atoms with E-state index in [1.807, 2.05) is 0 Å². The molecule has 1 saturated carbocycles. The molecule has 0 radical (unpaired) electrons. The van der Waals surface area contributed by atoms with E-state index >= 15 is 0 Å². The van der Waals surface area contributed by atoms with Crippen molar-refractivity contribution in [2.45, 2.75) is 37.5 Å². The maximum absolute atomic E-state index is 12.4. The second-order valence-electron chi connectivity index (χ2n) is 6.41. The molecule has 7 heteroatoms. The molecule has 1 aromatic carbocycles. The van der Waals surface area contributed by atoms with E-state index in [1.54, 1.807) is 6.07 Å². The van der Waals surface area contributed by atoms with Crippen LogP contribution in [-0.2, 0) is 0 Å². The van der Waals surface area contributed by atoms with Gasteiger partial charge in [-0.15, -0.1) is 13.2 Å². The van der Waals surface area contributed by atoms with Gasteiger partial charge in [0.2, 0.25) is 0 Å². The number of anilines is 2. The molecule has 1 aromatic heterocycles. The molecule has 0 saturated heterocycles. The Labute approximate surface area is 142 Å².